The smallest absolute Gasteiger partial charge is 0.338 e. The molecule has 0 unspecified atom stereocenters. The number of carbonyl (C=O) groups excluding carboxylic acids is 5. The van der Waals surface area contributed by atoms with Crippen LogP contribution in [0.25, 0.3) is 0 Å². The van der Waals surface area contributed by atoms with Crippen molar-refractivity contribution in [3.8, 4) is 0 Å². The molecule has 0 spiro atoms. The Kier molecular flexibility index (Phi) is 58.4. The second-order valence-electron chi connectivity index (χ2n) is 21.1. The highest BCUT2D eigenvalue weighted by atomic mass is 16.6. The van der Waals surface area contributed by atoms with E-state index in [-0.39, 0.29) is 29.8 Å². The predicted octanol–water partition coefficient (Wildman–Crippen LogP) is 12.1. The molecule has 5 rings (SSSR count). The van der Waals surface area contributed by atoms with Crippen LogP contribution in [-0.2, 0) is 118 Å². The highest BCUT2D eigenvalue weighted by Gasteiger charge is 2.12. The zero-order valence-corrected chi connectivity index (χ0v) is 60.4. The van der Waals surface area contributed by atoms with Gasteiger partial charge >= 0.3 is 29.8 Å². The zero-order valence-electron chi connectivity index (χ0n) is 60.4. The molecule has 5 aromatic rings. The SMILES string of the molecule is CCCOCCOCCOCc1ccc(C(=O)OC)cc1.CCCOCCOCCOCc1cccc(C(=O)OC)c1.CCCOCCOCCOCc1ccccc1C(=O)OC.CCCOCCOCc1ccc(C(=O)OC)cc1.CCCOCCOCc1cccc(C(=O)OC)c1. The quantitative estimate of drug-likeness (QED) is 0.0199. The molecule has 23 nitrogen and oxygen atoms in total. The topological polar surface area (TPSA) is 251 Å². The fraction of sp³-hybridized carbons (Fsp3) is 0.539. The van der Waals surface area contributed by atoms with Crippen LogP contribution in [0.4, 0.5) is 0 Å². The maximum atomic E-state index is 11.6. The van der Waals surface area contributed by atoms with Gasteiger partial charge in [-0.3, -0.25) is 0 Å². The van der Waals surface area contributed by atoms with Crippen LogP contribution in [0, 0.1) is 0 Å². The van der Waals surface area contributed by atoms with Crippen molar-refractivity contribution >= 4 is 29.8 Å². The minimum Gasteiger partial charge on any atom is -0.465 e. The molecule has 0 aromatic heterocycles. The lowest BCUT2D eigenvalue weighted by molar-refractivity contribution is 0.0105. The molecule has 0 aliphatic rings. The van der Waals surface area contributed by atoms with Crippen molar-refractivity contribution in [2.45, 2.75) is 99.8 Å². The van der Waals surface area contributed by atoms with Crippen LogP contribution in [0.1, 0.15) is 146 Å². The fourth-order valence-corrected chi connectivity index (χ4v) is 7.90. The molecule has 0 atom stereocenters. The van der Waals surface area contributed by atoms with Gasteiger partial charge in [-0.15, -0.1) is 0 Å². The van der Waals surface area contributed by atoms with Crippen molar-refractivity contribution in [2.75, 3.05) is 174 Å². The molecule has 5 aromatic carbocycles. The average Bonchev–Trinajstić information content (AvgIpc) is 0.958. The summed E-state index contributed by atoms with van der Waals surface area (Å²) in [5.41, 5.74) is 7.43. The van der Waals surface area contributed by atoms with Crippen LogP contribution < -0.4 is 0 Å². The Bertz CT molecular complexity index is 2780. The summed E-state index contributed by atoms with van der Waals surface area (Å²) < 4.78 is 93.4. The van der Waals surface area contributed by atoms with Crippen LogP contribution in [0.15, 0.2) is 121 Å². The van der Waals surface area contributed by atoms with Crippen LogP contribution in [-0.4, -0.2) is 204 Å². The molecule has 99 heavy (non-hydrogen) atoms. The van der Waals surface area contributed by atoms with E-state index in [4.69, 9.17) is 66.3 Å². The van der Waals surface area contributed by atoms with E-state index in [9.17, 15) is 24.0 Å². The number of rotatable bonds is 49. The number of hydrogen-bond donors (Lipinski definition) is 0. The third kappa shape index (κ3) is 47.6. The summed E-state index contributed by atoms with van der Waals surface area (Å²) in [7, 11) is 6.85. The summed E-state index contributed by atoms with van der Waals surface area (Å²) in [6.45, 7) is 25.6. The molecule has 0 radical (unpaired) electrons. The van der Waals surface area contributed by atoms with Crippen LogP contribution in [0.2, 0.25) is 0 Å². The van der Waals surface area contributed by atoms with E-state index in [1.54, 1.807) is 60.7 Å². The fourth-order valence-electron chi connectivity index (χ4n) is 7.90. The number of esters is 5. The highest BCUT2D eigenvalue weighted by molar-refractivity contribution is 5.91. The number of ether oxygens (including phenoxy) is 18. The summed E-state index contributed by atoms with van der Waals surface area (Å²) in [4.78, 5) is 56.8. The first-order valence-corrected chi connectivity index (χ1v) is 33.8. The van der Waals surface area contributed by atoms with E-state index in [0.717, 1.165) is 93.0 Å². The third-order valence-corrected chi connectivity index (χ3v) is 12.9. The molecule has 0 bridgehead atoms. The van der Waals surface area contributed by atoms with E-state index in [1.807, 2.05) is 60.7 Å². The molecule has 0 aliphatic heterocycles. The Hall–Kier alpha value is -7.07. The Morgan fingerprint density at radius 1 is 0.232 bits per heavy atom. The second kappa shape index (κ2) is 64.3. The van der Waals surface area contributed by atoms with Gasteiger partial charge in [-0.1, -0.05) is 101 Å². The normalized spacial score (nSPS) is 10.5. The Balaban J connectivity index is 0.000000620. The summed E-state index contributed by atoms with van der Waals surface area (Å²) >= 11 is 0. The van der Waals surface area contributed by atoms with Gasteiger partial charge in [0.15, 0.2) is 0 Å². The van der Waals surface area contributed by atoms with Crippen molar-refractivity contribution < 1.29 is 109 Å². The summed E-state index contributed by atoms with van der Waals surface area (Å²) in [6, 6.07) is 36.0. The monoisotopic (exact) mass is 1390 g/mol. The summed E-state index contributed by atoms with van der Waals surface area (Å²) in [5, 5.41) is 0. The highest BCUT2D eigenvalue weighted by Crippen LogP contribution is 2.14. The van der Waals surface area contributed by atoms with Gasteiger partial charge in [0.1, 0.15) is 0 Å². The molecule has 0 amide bonds. The van der Waals surface area contributed by atoms with Crippen molar-refractivity contribution in [2.24, 2.45) is 0 Å². The van der Waals surface area contributed by atoms with Crippen LogP contribution in [0.5, 0.6) is 0 Å². The van der Waals surface area contributed by atoms with E-state index in [1.165, 1.54) is 35.5 Å². The molecule has 0 heterocycles. The molecule has 0 saturated heterocycles. The molecule has 0 aliphatic carbocycles. The lowest BCUT2D eigenvalue weighted by Crippen LogP contribution is -2.11. The number of carbonyl (C=O) groups is 5. The third-order valence-electron chi connectivity index (χ3n) is 12.9. The zero-order chi connectivity index (χ0) is 72.5. The number of methoxy groups -OCH3 is 5. The van der Waals surface area contributed by atoms with Gasteiger partial charge in [0.05, 0.1) is 202 Å². The number of hydrogen-bond acceptors (Lipinski definition) is 23. The van der Waals surface area contributed by atoms with Gasteiger partial charge in [-0.2, -0.15) is 0 Å². The van der Waals surface area contributed by atoms with Gasteiger partial charge in [-0.05, 0) is 115 Å². The lowest BCUT2D eigenvalue weighted by Gasteiger charge is -2.09. The van der Waals surface area contributed by atoms with Gasteiger partial charge < -0.3 is 85.3 Å². The summed E-state index contributed by atoms with van der Waals surface area (Å²) in [6.07, 6.45) is 5.10. The van der Waals surface area contributed by atoms with E-state index in [0.29, 0.717) is 167 Å². The van der Waals surface area contributed by atoms with E-state index >= 15 is 0 Å². The van der Waals surface area contributed by atoms with Crippen molar-refractivity contribution in [3.63, 3.8) is 0 Å². The standard InChI is InChI=1S/3C16H24O5.2C14H20O4/c1-3-8-19-9-10-20-11-12-21-13-14-4-6-15(7-5-14)16(17)18-2;1-3-8-19-9-10-20-11-12-21-13-14-6-4-5-7-15(14)16(17)18-2;1-3-7-19-8-9-20-10-11-21-13-14-5-4-6-15(12-14)16(17)18-2;1-3-8-17-9-10-18-11-12-4-6-13(7-5-12)14(15)16-2;1-3-7-17-8-9-18-11-12-5-4-6-13(10-12)14(15)16-2/h2*4-7H,3,8-13H2,1-2H3;4-6,12H,3,7-11,13H2,1-2H3;4-7H,3,8-11H2,1-2H3;4-6,10H,3,7-9,11H2,1-2H3. The van der Waals surface area contributed by atoms with Gasteiger partial charge in [0.25, 0.3) is 0 Å². The van der Waals surface area contributed by atoms with Gasteiger partial charge in [-0.25, -0.2) is 24.0 Å². The first-order valence-electron chi connectivity index (χ1n) is 33.8. The molecule has 23 heteroatoms. The Labute approximate surface area is 587 Å². The minimum absolute atomic E-state index is 0.324. The predicted molar refractivity (Wildman–Crippen MR) is 375 cm³/mol. The largest absolute Gasteiger partial charge is 0.465 e. The maximum Gasteiger partial charge on any atom is 0.338 e. The number of benzene rings is 5. The molecule has 0 saturated carbocycles. The maximum absolute atomic E-state index is 11.6. The first kappa shape index (κ1) is 89.9. The van der Waals surface area contributed by atoms with E-state index < -0.39 is 0 Å². The molecule has 0 N–H and O–H groups in total. The van der Waals surface area contributed by atoms with Gasteiger partial charge in [0, 0.05) is 33.0 Å². The molecule has 0 fully saturated rings. The van der Waals surface area contributed by atoms with E-state index in [2.05, 4.69) is 53.6 Å². The average molecular weight is 1390 g/mol. The summed E-state index contributed by atoms with van der Waals surface area (Å²) in [5.74, 6) is -1.68. The Morgan fingerprint density at radius 2 is 0.485 bits per heavy atom. The van der Waals surface area contributed by atoms with Crippen molar-refractivity contribution in [1.29, 1.82) is 0 Å². The molecular formula is C76H112O23. The molecular weight excluding hydrogens is 1280 g/mol. The van der Waals surface area contributed by atoms with Gasteiger partial charge in [0.2, 0.25) is 0 Å². The second-order valence-corrected chi connectivity index (χ2v) is 21.1. The van der Waals surface area contributed by atoms with Crippen molar-refractivity contribution in [1.82, 2.24) is 0 Å². The lowest BCUT2D eigenvalue weighted by atomic mass is 10.1. The minimum atomic E-state index is -0.349. The Morgan fingerprint density at radius 3 is 0.778 bits per heavy atom. The van der Waals surface area contributed by atoms with Crippen LogP contribution >= 0.6 is 0 Å². The van der Waals surface area contributed by atoms with Crippen molar-refractivity contribution in [3.05, 3.63) is 177 Å². The molecule has 554 valence electrons. The van der Waals surface area contributed by atoms with Crippen LogP contribution in [0.3, 0.4) is 0 Å². The first-order chi connectivity index (χ1) is 48.4.